The number of halogens is 1. The van der Waals surface area contributed by atoms with Gasteiger partial charge in [0.2, 0.25) is 5.91 Å². The molecule has 7 heteroatoms. The second-order valence-electron chi connectivity index (χ2n) is 7.62. The normalized spacial score (nSPS) is 16.7. The summed E-state index contributed by atoms with van der Waals surface area (Å²) < 4.78 is 13.3. The van der Waals surface area contributed by atoms with Crippen LogP contribution in [0.4, 0.5) is 20.6 Å². The fourth-order valence-electron chi connectivity index (χ4n) is 3.39. The van der Waals surface area contributed by atoms with Crippen molar-refractivity contribution in [1.29, 1.82) is 0 Å². The Hall–Kier alpha value is -3.22. The molecule has 0 spiro atoms. The van der Waals surface area contributed by atoms with E-state index in [0.717, 1.165) is 10.5 Å². The van der Waals surface area contributed by atoms with Gasteiger partial charge in [-0.1, -0.05) is 32.0 Å². The van der Waals surface area contributed by atoms with E-state index in [4.69, 9.17) is 0 Å². The van der Waals surface area contributed by atoms with Gasteiger partial charge in [0.15, 0.2) is 0 Å². The zero-order valence-electron chi connectivity index (χ0n) is 16.7. The van der Waals surface area contributed by atoms with Crippen LogP contribution in [0.5, 0.6) is 0 Å². The van der Waals surface area contributed by atoms with E-state index < -0.39 is 29.7 Å². The van der Waals surface area contributed by atoms with Crippen molar-refractivity contribution in [2.24, 2.45) is 5.92 Å². The number of aryl methyl sites for hydroxylation is 1. The molecule has 6 nitrogen and oxygen atoms in total. The third-order valence-electron chi connectivity index (χ3n) is 4.63. The molecule has 1 saturated heterocycles. The number of rotatable bonds is 6. The monoisotopic (exact) mass is 397 g/mol. The van der Waals surface area contributed by atoms with Gasteiger partial charge in [-0.05, 0) is 48.7 Å². The van der Waals surface area contributed by atoms with Crippen LogP contribution in [0.2, 0.25) is 0 Å². The number of amides is 4. The number of nitrogens with zero attached hydrogens (tertiary/aromatic N) is 2. The lowest BCUT2D eigenvalue weighted by Gasteiger charge is -2.23. The maximum Gasteiger partial charge on any atom is 0.332 e. The van der Waals surface area contributed by atoms with Crippen molar-refractivity contribution in [2.45, 2.75) is 33.2 Å². The first kappa shape index (κ1) is 20.5. The zero-order valence-corrected chi connectivity index (χ0v) is 16.7. The van der Waals surface area contributed by atoms with E-state index in [-0.39, 0.29) is 12.3 Å². The molecule has 1 aliphatic heterocycles. The third-order valence-corrected chi connectivity index (χ3v) is 4.63. The van der Waals surface area contributed by atoms with Gasteiger partial charge in [-0.3, -0.25) is 9.59 Å². The smallest absolute Gasteiger partial charge is 0.326 e. The highest BCUT2D eigenvalue weighted by molar-refractivity contribution is 6.22. The molecule has 1 unspecified atom stereocenters. The van der Waals surface area contributed by atoms with Crippen molar-refractivity contribution in [1.82, 2.24) is 4.90 Å². The number of benzene rings is 2. The SMILES string of the molecule is Cc1cccc(N2C(=O)C(CC(=O)Nc3cccc(F)c3)N(CC(C)C)C2=O)c1. The number of urea groups is 1. The van der Waals surface area contributed by atoms with Crippen LogP contribution in [0.3, 0.4) is 0 Å². The Morgan fingerprint density at radius 2 is 1.86 bits per heavy atom. The molecule has 1 atom stereocenters. The number of anilines is 2. The molecule has 2 aromatic rings. The molecular formula is C22H24FN3O3. The summed E-state index contributed by atoms with van der Waals surface area (Å²) in [4.78, 5) is 41.2. The van der Waals surface area contributed by atoms with Crippen LogP contribution in [0.25, 0.3) is 0 Å². The minimum absolute atomic E-state index is 0.123. The Balaban J connectivity index is 1.83. The maximum absolute atomic E-state index is 13.3. The molecule has 0 aliphatic carbocycles. The fourth-order valence-corrected chi connectivity index (χ4v) is 3.39. The topological polar surface area (TPSA) is 69.7 Å². The molecule has 2 aromatic carbocycles. The second kappa shape index (κ2) is 8.43. The molecule has 4 amide bonds. The highest BCUT2D eigenvalue weighted by Crippen LogP contribution is 2.28. The van der Waals surface area contributed by atoms with Gasteiger partial charge in [-0.15, -0.1) is 0 Å². The fraction of sp³-hybridized carbons (Fsp3) is 0.318. The van der Waals surface area contributed by atoms with Crippen molar-refractivity contribution in [3.05, 3.63) is 59.9 Å². The standard InChI is InChI=1S/C22H24FN3O3/c1-14(2)13-25-19(12-20(27)24-17-8-5-7-16(23)11-17)21(28)26(22(25)29)18-9-4-6-15(3)10-18/h4-11,14,19H,12-13H2,1-3H3,(H,24,27). The van der Waals surface area contributed by atoms with Crippen LogP contribution in [-0.2, 0) is 9.59 Å². The van der Waals surface area contributed by atoms with Gasteiger partial charge < -0.3 is 10.2 Å². The molecule has 1 heterocycles. The summed E-state index contributed by atoms with van der Waals surface area (Å²) in [5.74, 6) is -1.24. The van der Waals surface area contributed by atoms with E-state index in [1.54, 1.807) is 24.3 Å². The average molecular weight is 397 g/mol. The number of nitrogens with one attached hydrogen (secondary N) is 1. The summed E-state index contributed by atoms with van der Waals surface area (Å²) >= 11 is 0. The lowest BCUT2D eigenvalue weighted by atomic mass is 10.1. The van der Waals surface area contributed by atoms with Crippen LogP contribution in [0.15, 0.2) is 48.5 Å². The second-order valence-corrected chi connectivity index (χ2v) is 7.62. The van der Waals surface area contributed by atoms with Gasteiger partial charge in [0.25, 0.3) is 5.91 Å². The Morgan fingerprint density at radius 1 is 1.14 bits per heavy atom. The van der Waals surface area contributed by atoms with Gasteiger partial charge >= 0.3 is 6.03 Å². The van der Waals surface area contributed by atoms with Gasteiger partial charge in [0, 0.05) is 12.2 Å². The predicted octanol–water partition coefficient (Wildman–Crippen LogP) is 3.96. The summed E-state index contributed by atoms with van der Waals surface area (Å²) in [5, 5.41) is 2.59. The summed E-state index contributed by atoms with van der Waals surface area (Å²) in [6.07, 6.45) is -0.198. The molecule has 152 valence electrons. The highest BCUT2D eigenvalue weighted by Gasteiger charge is 2.46. The van der Waals surface area contributed by atoms with Gasteiger partial charge in [0.1, 0.15) is 11.9 Å². The molecular weight excluding hydrogens is 373 g/mol. The van der Waals surface area contributed by atoms with Gasteiger partial charge in [-0.25, -0.2) is 14.1 Å². The molecule has 1 N–H and O–H groups in total. The summed E-state index contributed by atoms with van der Waals surface area (Å²) in [7, 11) is 0. The lowest BCUT2D eigenvalue weighted by molar-refractivity contribution is -0.124. The summed E-state index contributed by atoms with van der Waals surface area (Å²) in [6.45, 7) is 6.11. The maximum atomic E-state index is 13.3. The Morgan fingerprint density at radius 3 is 2.52 bits per heavy atom. The summed E-state index contributed by atoms with van der Waals surface area (Å²) in [6, 6.07) is 11.3. The molecule has 3 rings (SSSR count). The first-order valence-corrected chi connectivity index (χ1v) is 9.53. The summed E-state index contributed by atoms with van der Waals surface area (Å²) in [5.41, 5.74) is 1.71. The highest BCUT2D eigenvalue weighted by atomic mass is 19.1. The van der Waals surface area contributed by atoms with Crippen molar-refractivity contribution >= 4 is 29.2 Å². The first-order chi connectivity index (χ1) is 13.8. The molecule has 1 aliphatic rings. The minimum Gasteiger partial charge on any atom is -0.326 e. The van der Waals surface area contributed by atoms with Crippen molar-refractivity contribution in [3.8, 4) is 0 Å². The van der Waals surface area contributed by atoms with Gasteiger partial charge in [0.05, 0.1) is 12.1 Å². The van der Waals surface area contributed by atoms with E-state index >= 15 is 0 Å². The number of carbonyl (C=O) groups is 3. The number of hydrogen-bond donors (Lipinski definition) is 1. The van der Waals surface area contributed by atoms with E-state index in [9.17, 15) is 18.8 Å². The van der Waals surface area contributed by atoms with E-state index in [1.807, 2.05) is 26.8 Å². The van der Waals surface area contributed by atoms with Crippen molar-refractivity contribution < 1.29 is 18.8 Å². The predicted molar refractivity (Wildman–Crippen MR) is 109 cm³/mol. The zero-order chi connectivity index (χ0) is 21.1. The van der Waals surface area contributed by atoms with Crippen LogP contribution in [0, 0.1) is 18.7 Å². The molecule has 0 aromatic heterocycles. The van der Waals surface area contributed by atoms with Crippen LogP contribution in [-0.4, -0.2) is 35.3 Å². The Bertz CT molecular complexity index is 944. The molecule has 0 bridgehead atoms. The van der Waals surface area contributed by atoms with Gasteiger partial charge in [-0.2, -0.15) is 0 Å². The van der Waals surface area contributed by atoms with Crippen molar-refractivity contribution in [2.75, 3.05) is 16.8 Å². The van der Waals surface area contributed by atoms with E-state index in [2.05, 4.69) is 5.32 Å². The van der Waals surface area contributed by atoms with Crippen LogP contribution in [0.1, 0.15) is 25.8 Å². The Kier molecular flexibility index (Phi) is 5.96. The molecule has 0 radical (unpaired) electrons. The largest absolute Gasteiger partial charge is 0.332 e. The minimum atomic E-state index is -0.904. The van der Waals surface area contributed by atoms with E-state index in [0.29, 0.717) is 17.9 Å². The lowest BCUT2D eigenvalue weighted by Crippen LogP contribution is -2.40. The Labute approximate surface area is 169 Å². The van der Waals surface area contributed by atoms with Crippen molar-refractivity contribution in [3.63, 3.8) is 0 Å². The number of imide groups is 1. The number of carbonyl (C=O) groups excluding carboxylic acids is 3. The van der Waals surface area contributed by atoms with E-state index in [1.165, 1.54) is 23.1 Å². The third kappa shape index (κ3) is 4.62. The van der Waals surface area contributed by atoms with Crippen LogP contribution < -0.4 is 10.2 Å². The average Bonchev–Trinajstić information content (AvgIpc) is 2.85. The quantitative estimate of drug-likeness (QED) is 0.750. The molecule has 1 fully saturated rings. The number of hydrogen-bond acceptors (Lipinski definition) is 3. The first-order valence-electron chi connectivity index (χ1n) is 9.53. The molecule has 29 heavy (non-hydrogen) atoms. The molecule has 0 saturated carbocycles. The van der Waals surface area contributed by atoms with Crippen LogP contribution >= 0.6 is 0 Å².